The number of rotatable bonds is 35. The van der Waals surface area contributed by atoms with Crippen LogP contribution in [0.5, 0.6) is 0 Å². The third kappa shape index (κ3) is 25.8. The summed E-state index contributed by atoms with van der Waals surface area (Å²) in [6, 6.07) is -6.36. The van der Waals surface area contributed by atoms with E-state index in [2.05, 4.69) is 37.2 Å². The molecule has 0 aliphatic carbocycles. The molecule has 19 N–H and O–H groups in total. The zero-order valence-electron chi connectivity index (χ0n) is 42.2. The molecule has 0 spiro atoms. The van der Waals surface area contributed by atoms with Crippen molar-refractivity contribution in [3.8, 4) is 0 Å². The molecule has 0 saturated heterocycles. The van der Waals surface area contributed by atoms with Crippen LogP contribution in [0.1, 0.15) is 98.0 Å². The van der Waals surface area contributed by atoms with Crippen LogP contribution in [-0.4, -0.2) is 153 Å². The first kappa shape index (κ1) is 64.8. The van der Waals surface area contributed by atoms with E-state index in [1.807, 2.05) is 5.32 Å². The van der Waals surface area contributed by atoms with E-state index in [4.69, 9.17) is 22.9 Å². The third-order valence-electron chi connectivity index (χ3n) is 10.7. The molecular weight excluding hydrogens is 993 g/mol. The lowest BCUT2D eigenvalue weighted by Gasteiger charge is -2.28. The maximum absolute atomic E-state index is 14.3. The van der Waals surface area contributed by atoms with Crippen molar-refractivity contribution in [1.29, 1.82) is 0 Å². The maximum Gasteiger partial charge on any atom is 0.326 e. The number of nitrogens with two attached hydrogens (primary N) is 4. The number of hydrogen-bond acceptors (Lipinski definition) is 15. The number of carboxylic acids is 3. The van der Waals surface area contributed by atoms with Gasteiger partial charge < -0.3 is 80.8 Å². The number of primary amides is 3. The summed E-state index contributed by atoms with van der Waals surface area (Å²) < 4.78 is 0. The van der Waals surface area contributed by atoms with E-state index in [1.54, 1.807) is 58.0 Å². The summed E-state index contributed by atoms with van der Waals surface area (Å²) >= 11 is 0. The summed E-state index contributed by atoms with van der Waals surface area (Å²) in [6.45, 7) is 7.89. The molecule has 0 saturated carbocycles. The second-order valence-electron chi connectivity index (χ2n) is 18.4. The fourth-order valence-electron chi connectivity index (χ4n) is 6.97. The Morgan fingerprint density at radius 2 is 0.827 bits per heavy atom. The van der Waals surface area contributed by atoms with Gasteiger partial charge in [0.05, 0.1) is 25.3 Å². The van der Waals surface area contributed by atoms with E-state index in [-0.39, 0.29) is 31.1 Å². The largest absolute Gasteiger partial charge is 0.481 e. The van der Waals surface area contributed by atoms with Crippen molar-refractivity contribution < 1.29 is 82.4 Å². The number of amides is 11. The van der Waals surface area contributed by atoms with Gasteiger partial charge in [-0.15, -0.1) is 0 Å². The summed E-state index contributed by atoms with van der Waals surface area (Å²) in [5.41, 5.74) is 21.8. The van der Waals surface area contributed by atoms with Gasteiger partial charge in [0.2, 0.25) is 65.0 Å². The summed E-state index contributed by atoms with van der Waals surface area (Å²) in [6.07, 6.45) is -4.99. The van der Waals surface area contributed by atoms with Gasteiger partial charge >= 0.3 is 17.9 Å². The summed E-state index contributed by atoms with van der Waals surface area (Å²) in [4.78, 5) is 178. The average Bonchev–Trinajstić information content (AvgIpc) is 3.29. The molecule has 1 aromatic carbocycles. The minimum absolute atomic E-state index is 0.000675. The topological polar surface area (TPSA) is 500 Å². The Morgan fingerprint density at radius 1 is 0.427 bits per heavy atom. The molecule has 29 heteroatoms. The summed E-state index contributed by atoms with van der Waals surface area (Å²) in [5, 5.41) is 46.9. The standard InChI is InChI=1S/C46H70N12O17/c1-21(2)15-28(55-39(67)25(47)18-34(49)60)42(70)53-27(12-14-36(62)63)41(69)57-30(17-24-9-7-6-8-10-24)44(72)56-29(16-22(3)4)43(71)52-26(11-13-33(48)59)40(68)51-23(5)38(66)54-31(20-37(64)65)45(73)58-32(46(74)75)19-35(50)61/h6-10,21-23,25-32H,11-20,47H2,1-5H3,(H2,48,59)(H2,49,60)(H2,50,61)(H,51,68)(H,52,71)(H,53,70)(H,54,66)(H,55,67)(H,56,72)(H,57,69)(H,58,73)(H,62,63)(H,64,65)(H,74,75)/t23-,25-,26-,27-,28-,29-,30-,31-,32-/m0/s1. The Labute approximate surface area is 430 Å². The first-order valence-electron chi connectivity index (χ1n) is 23.6. The summed E-state index contributed by atoms with van der Waals surface area (Å²) in [7, 11) is 0. The van der Waals surface area contributed by atoms with Gasteiger partial charge in [0, 0.05) is 19.3 Å². The molecule has 0 aliphatic heterocycles. The molecule has 1 aromatic rings. The van der Waals surface area contributed by atoms with E-state index in [0.29, 0.717) is 5.56 Å². The van der Waals surface area contributed by atoms with Gasteiger partial charge in [-0.25, -0.2) is 4.79 Å². The Balaban J connectivity index is 3.53. The highest BCUT2D eigenvalue weighted by Gasteiger charge is 2.36. The number of carboxylic acid groups (broad SMARTS) is 3. The van der Waals surface area contributed by atoms with Gasteiger partial charge in [-0.1, -0.05) is 58.0 Å². The molecule has 0 aliphatic rings. The van der Waals surface area contributed by atoms with Crippen LogP contribution in [0.3, 0.4) is 0 Å². The van der Waals surface area contributed by atoms with Gasteiger partial charge in [-0.05, 0) is 50.0 Å². The normalized spacial score (nSPS) is 14.6. The second kappa shape index (κ2) is 32.1. The highest BCUT2D eigenvalue weighted by atomic mass is 16.4. The zero-order chi connectivity index (χ0) is 57.3. The first-order valence-corrected chi connectivity index (χ1v) is 23.6. The van der Waals surface area contributed by atoms with Crippen LogP contribution >= 0.6 is 0 Å². The number of benzene rings is 1. The SMILES string of the molecule is CC(C)C[C@H](NC(=O)[C@H](Cc1ccccc1)NC(=O)[C@H](CCC(=O)O)NC(=O)[C@H](CC(C)C)NC(=O)[C@@H](N)CC(N)=O)C(=O)N[C@@H](CCC(N)=O)C(=O)N[C@@H](C)C(=O)N[C@@H](CC(=O)O)C(=O)N[C@@H](CC(N)=O)C(=O)O. The van der Waals surface area contributed by atoms with Gasteiger partial charge in [-0.3, -0.25) is 62.3 Å². The van der Waals surface area contributed by atoms with Gasteiger partial charge in [-0.2, -0.15) is 0 Å². The van der Waals surface area contributed by atoms with Crippen molar-refractivity contribution in [3.63, 3.8) is 0 Å². The minimum atomic E-state index is -1.94. The molecule has 1 rings (SSSR count). The maximum atomic E-state index is 14.3. The lowest BCUT2D eigenvalue weighted by atomic mass is 9.99. The van der Waals surface area contributed by atoms with Crippen LogP contribution in [-0.2, 0) is 73.5 Å². The van der Waals surface area contributed by atoms with Crippen molar-refractivity contribution in [3.05, 3.63) is 35.9 Å². The zero-order valence-corrected chi connectivity index (χ0v) is 42.2. The molecule has 0 fully saturated rings. The number of carbonyl (C=O) groups is 14. The highest BCUT2D eigenvalue weighted by molar-refractivity contribution is 5.99. The lowest BCUT2D eigenvalue weighted by Crippen LogP contribution is -2.60. The lowest BCUT2D eigenvalue weighted by molar-refractivity contribution is -0.145. The number of hydrogen-bond donors (Lipinski definition) is 15. The van der Waals surface area contributed by atoms with Crippen molar-refractivity contribution in [2.45, 2.75) is 153 Å². The van der Waals surface area contributed by atoms with E-state index in [1.165, 1.54) is 0 Å². The molecule has 0 unspecified atom stereocenters. The van der Waals surface area contributed by atoms with Crippen LogP contribution in [0.25, 0.3) is 0 Å². The van der Waals surface area contributed by atoms with E-state index in [0.717, 1.165) is 6.92 Å². The molecule has 416 valence electrons. The summed E-state index contributed by atoms with van der Waals surface area (Å²) in [5.74, 6) is -16.7. The molecule has 0 aromatic heterocycles. The van der Waals surface area contributed by atoms with Crippen LogP contribution in [0.15, 0.2) is 30.3 Å². The van der Waals surface area contributed by atoms with Crippen LogP contribution in [0, 0.1) is 11.8 Å². The second-order valence-corrected chi connectivity index (χ2v) is 18.4. The van der Waals surface area contributed by atoms with Crippen LogP contribution in [0.4, 0.5) is 0 Å². The average molecular weight is 1060 g/mol. The predicted octanol–water partition coefficient (Wildman–Crippen LogP) is -5.01. The van der Waals surface area contributed by atoms with Crippen molar-refractivity contribution in [2.75, 3.05) is 0 Å². The van der Waals surface area contributed by atoms with E-state index < -0.39 is 182 Å². The monoisotopic (exact) mass is 1060 g/mol. The smallest absolute Gasteiger partial charge is 0.326 e. The molecule has 0 bridgehead atoms. The number of aliphatic carboxylic acids is 3. The minimum Gasteiger partial charge on any atom is -0.481 e. The van der Waals surface area contributed by atoms with Crippen molar-refractivity contribution in [2.24, 2.45) is 34.8 Å². The molecule has 9 atom stereocenters. The Morgan fingerprint density at radius 3 is 1.28 bits per heavy atom. The van der Waals surface area contributed by atoms with Crippen LogP contribution < -0.4 is 65.5 Å². The van der Waals surface area contributed by atoms with Gasteiger partial charge in [0.1, 0.15) is 48.3 Å². The third-order valence-corrected chi connectivity index (χ3v) is 10.7. The van der Waals surface area contributed by atoms with Crippen molar-refractivity contribution in [1.82, 2.24) is 42.5 Å². The molecule has 0 radical (unpaired) electrons. The number of nitrogens with one attached hydrogen (secondary N) is 8. The fourth-order valence-corrected chi connectivity index (χ4v) is 6.97. The van der Waals surface area contributed by atoms with E-state index >= 15 is 0 Å². The van der Waals surface area contributed by atoms with Gasteiger partial charge in [0.25, 0.3) is 0 Å². The molecule has 75 heavy (non-hydrogen) atoms. The van der Waals surface area contributed by atoms with E-state index in [9.17, 15) is 82.4 Å². The molecule has 0 heterocycles. The predicted molar refractivity (Wildman–Crippen MR) is 261 cm³/mol. The Bertz CT molecular complexity index is 2250. The molecule has 11 amide bonds. The quantitative estimate of drug-likeness (QED) is 0.0303. The molecule has 29 nitrogen and oxygen atoms in total. The van der Waals surface area contributed by atoms with Crippen molar-refractivity contribution >= 4 is 82.9 Å². The highest BCUT2D eigenvalue weighted by Crippen LogP contribution is 2.12. The van der Waals surface area contributed by atoms with Gasteiger partial charge in [0.15, 0.2) is 0 Å². The number of carbonyl (C=O) groups excluding carboxylic acids is 11. The van der Waals surface area contributed by atoms with Crippen LogP contribution in [0.2, 0.25) is 0 Å². The fraction of sp³-hybridized carbons (Fsp3) is 0.565. The molecular formula is C46H70N12O17. The Kier molecular flexibility index (Phi) is 27.7. The Hall–Kier alpha value is -8.24. The first-order chi connectivity index (χ1) is 34.9.